The molecule has 0 N–H and O–H groups in total. The van der Waals surface area contributed by atoms with Gasteiger partial charge in [0, 0.05) is 17.6 Å². The number of halogens is 1. The maximum Gasteiger partial charge on any atom is 0.243 e. The van der Waals surface area contributed by atoms with Crippen LogP contribution in [-0.4, -0.2) is 31.9 Å². The summed E-state index contributed by atoms with van der Waals surface area (Å²) in [5.74, 6) is 0. The molecule has 4 nitrogen and oxygen atoms in total. The van der Waals surface area contributed by atoms with Gasteiger partial charge in [-0.1, -0.05) is 88.2 Å². The summed E-state index contributed by atoms with van der Waals surface area (Å²) in [6.45, 7) is 2.52. The first kappa shape index (κ1) is 22.0. The minimum absolute atomic E-state index is 0.0816. The van der Waals surface area contributed by atoms with Crippen LogP contribution in [0.15, 0.2) is 94.3 Å². The highest BCUT2D eigenvalue weighted by molar-refractivity contribution is 9.10. The summed E-state index contributed by atoms with van der Waals surface area (Å²) in [5, 5.41) is 0. The predicted molar refractivity (Wildman–Crippen MR) is 127 cm³/mol. The largest absolute Gasteiger partial charge is 0.363 e. The van der Waals surface area contributed by atoms with Crippen LogP contribution in [-0.2, 0) is 14.8 Å². The Morgan fingerprint density at radius 1 is 0.968 bits per heavy atom. The van der Waals surface area contributed by atoms with Gasteiger partial charge in [-0.15, -0.1) is 0 Å². The van der Waals surface area contributed by atoms with Crippen LogP contribution in [0.3, 0.4) is 0 Å². The number of hydrogen-bond acceptors (Lipinski definition) is 3. The molecule has 160 valence electrons. The highest BCUT2D eigenvalue weighted by Crippen LogP contribution is 2.40. The third kappa shape index (κ3) is 5.52. The standard InChI is InChI=1S/C25H24BrNO3S/c1-19-9-15-23(16-10-19)31(28,29)27(17-5-8-20-6-3-2-4-7-20)18-24-25(30-24)21-11-13-22(26)14-12-21/h2-16,24-25H,17-18H2,1H3/b8-5+. The number of hydrogen-bond donors (Lipinski definition) is 0. The van der Waals surface area contributed by atoms with E-state index in [1.807, 2.05) is 85.8 Å². The smallest absolute Gasteiger partial charge is 0.243 e. The van der Waals surface area contributed by atoms with Crippen molar-refractivity contribution >= 4 is 32.0 Å². The fourth-order valence-electron chi connectivity index (χ4n) is 3.43. The van der Waals surface area contributed by atoms with Crippen molar-refractivity contribution in [2.75, 3.05) is 13.1 Å². The summed E-state index contributed by atoms with van der Waals surface area (Å²) < 4.78 is 35.1. The van der Waals surface area contributed by atoms with Gasteiger partial charge in [-0.2, -0.15) is 4.31 Å². The molecule has 1 aliphatic rings. The van der Waals surface area contributed by atoms with Gasteiger partial charge in [-0.25, -0.2) is 8.42 Å². The Balaban J connectivity index is 1.53. The Labute approximate surface area is 192 Å². The summed E-state index contributed by atoms with van der Waals surface area (Å²) >= 11 is 3.44. The van der Waals surface area contributed by atoms with E-state index in [4.69, 9.17) is 4.74 Å². The molecule has 0 aromatic heterocycles. The molecular formula is C25H24BrNO3S. The second-order valence-electron chi connectivity index (χ2n) is 7.59. The van der Waals surface area contributed by atoms with Crippen LogP contribution in [0.5, 0.6) is 0 Å². The van der Waals surface area contributed by atoms with E-state index in [0.717, 1.165) is 21.2 Å². The Morgan fingerprint density at radius 3 is 2.32 bits per heavy atom. The van der Waals surface area contributed by atoms with Gasteiger partial charge in [0.15, 0.2) is 0 Å². The first-order valence-corrected chi connectivity index (χ1v) is 12.4. The fraction of sp³-hybridized carbons (Fsp3) is 0.200. The van der Waals surface area contributed by atoms with E-state index in [9.17, 15) is 8.42 Å². The van der Waals surface area contributed by atoms with Crippen molar-refractivity contribution in [3.63, 3.8) is 0 Å². The third-order valence-electron chi connectivity index (χ3n) is 5.24. The zero-order valence-electron chi connectivity index (χ0n) is 17.2. The molecule has 1 heterocycles. The van der Waals surface area contributed by atoms with Crippen molar-refractivity contribution in [2.24, 2.45) is 0 Å². The molecule has 1 fully saturated rings. The van der Waals surface area contributed by atoms with E-state index in [2.05, 4.69) is 15.9 Å². The van der Waals surface area contributed by atoms with Crippen molar-refractivity contribution in [3.05, 3.63) is 106 Å². The maximum atomic E-state index is 13.4. The minimum atomic E-state index is -3.65. The van der Waals surface area contributed by atoms with E-state index in [1.165, 1.54) is 4.31 Å². The number of nitrogens with zero attached hydrogens (tertiary/aromatic N) is 1. The maximum absolute atomic E-state index is 13.4. The SMILES string of the molecule is Cc1ccc(S(=O)(=O)N(C/C=C/c2ccccc2)CC2OC2c2ccc(Br)cc2)cc1. The minimum Gasteiger partial charge on any atom is -0.363 e. The highest BCUT2D eigenvalue weighted by atomic mass is 79.9. The monoisotopic (exact) mass is 497 g/mol. The number of rotatable bonds is 8. The number of ether oxygens (including phenoxy) is 1. The Bertz CT molecular complexity index is 1140. The van der Waals surface area contributed by atoms with Crippen molar-refractivity contribution in [3.8, 4) is 0 Å². The zero-order chi connectivity index (χ0) is 21.8. The normalized spacial score (nSPS) is 18.5. The molecule has 0 bridgehead atoms. The fourth-order valence-corrected chi connectivity index (χ4v) is 5.10. The molecular weight excluding hydrogens is 474 g/mol. The van der Waals surface area contributed by atoms with E-state index in [-0.39, 0.29) is 18.8 Å². The van der Waals surface area contributed by atoms with Gasteiger partial charge < -0.3 is 4.74 Å². The van der Waals surface area contributed by atoms with Crippen LogP contribution in [0.2, 0.25) is 0 Å². The number of aryl methyl sites for hydroxylation is 1. The molecule has 3 aromatic rings. The topological polar surface area (TPSA) is 49.9 Å². The summed E-state index contributed by atoms with van der Waals surface area (Å²) in [5.41, 5.74) is 3.11. The molecule has 2 unspecified atom stereocenters. The van der Waals surface area contributed by atoms with E-state index < -0.39 is 10.0 Å². The summed E-state index contributed by atoms with van der Waals surface area (Å²) in [7, 11) is -3.65. The number of epoxide rings is 1. The van der Waals surface area contributed by atoms with Crippen molar-refractivity contribution in [1.29, 1.82) is 0 Å². The average molecular weight is 498 g/mol. The van der Waals surface area contributed by atoms with Crippen LogP contribution >= 0.6 is 15.9 Å². The van der Waals surface area contributed by atoms with Crippen molar-refractivity contribution < 1.29 is 13.2 Å². The van der Waals surface area contributed by atoms with Gasteiger partial charge in [0.25, 0.3) is 0 Å². The molecule has 1 saturated heterocycles. The molecule has 0 saturated carbocycles. The van der Waals surface area contributed by atoms with Gasteiger partial charge in [-0.05, 0) is 42.3 Å². The summed E-state index contributed by atoms with van der Waals surface area (Å²) in [6, 6.07) is 24.8. The lowest BCUT2D eigenvalue weighted by atomic mass is 10.1. The first-order chi connectivity index (χ1) is 14.9. The van der Waals surface area contributed by atoms with Crippen molar-refractivity contribution in [1.82, 2.24) is 4.31 Å². The molecule has 31 heavy (non-hydrogen) atoms. The Morgan fingerprint density at radius 2 is 1.65 bits per heavy atom. The van der Waals surface area contributed by atoms with E-state index >= 15 is 0 Å². The van der Waals surface area contributed by atoms with Gasteiger partial charge in [0.2, 0.25) is 10.0 Å². The number of benzene rings is 3. The van der Waals surface area contributed by atoms with Crippen LogP contribution in [0.4, 0.5) is 0 Å². The van der Waals surface area contributed by atoms with Gasteiger partial charge >= 0.3 is 0 Å². The van der Waals surface area contributed by atoms with Crippen LogP contribution < -0.4 is 0 Å². The van der Waals surface area contributed by atoms with E-state index in [1.54, 1.807) is 12.1 Å². The summed E-state index contributed by atoms with van der Waals surface area (Å²) in [4.78, 5) is 0.298. The van der Waals surface area contributed by atoms with Gasteiger partial charge in [0.1, 0.15) is 12.2 Å². The Hall–Kier alpha value is -2.25. The lowest BCUT2D eigenvalue weighted by Gasteiger charge is -2.20. The van der Waals surface area contributed by atoms with Gasteiger partial charge in [0.05, 0.1) is 4.90 Å². The molecule has 6 heteroatoms. The molecule has 2 atom stereocenters. The third-order valence-corrected chi connectivity index (χ3v) is 7.62. The molecule has 0 amide bonds. The predicted octanol–water partition coefficient (Wildman–Crippen LogP) is 5.60. The lowest BCUT2D eigenvalue weighted by molar-refractivity contribution is 0.334. The van der Waals surface area contributed by atoms with Crippen LogP contribution in [0.25, 0.3) is 6.08 Å². The molecule has 3 aromatic carbocycles. The quantitative estimate of drug-likeness (QED) is 0.380. The van der Waals surface area contributed by atoms with Crippen molar-refractivity contribution in [2.45, 2.75) is 24.0 Å². The number of sulfonamides is 1. The van der Waals surface area contributed by atoms with Crippen LogP contribution in [0.1, 0.15) is 22.8 Å². The molecule has 0 aliphatic carbocycles. The zero-order valence-corrected chi connectivity index (χ0v) is 19.6. The second-order valence-corrected chi connectivity index (χ2v) is 10.4. The lowest BCUT2D eigenvalue weighted by Crippen LogP contribution is -2.34. The molecule has 0 spiro atoms. The van der Waals surface area contributed by atoms with Crippen LogP contribution in [0, 0.1) is 6.92 Å². The second kappa shape index (κ2) is 9.49. The molecule has 4 rings (SSSR count). The summed E-state index contributed by atoms with van der Waals surface area (Å²) in [6.07, 6.45) is 3.59. The van der Waals surface area contributed by atoms with E-state index in [0.29, 0.717) is 11.4 Å². The molecule has 0 radical (unpaired) electrons. The van der Waals surface area contributed by atoms with Gasteiger partial charge in [-0.3, -0.25) is 0 Å². The molecule has 1 aliphatic heterocycles. The Kier molecular flexibility index (Phi) is 6.72. The highest BCUT2D eigenvalue weighted by Gasteiger charge is 2.43. The first-order valence-electron chi connectivity index (χ1n) is 10.1. The average Bonchev–Trinajstić information content (AvgIpc) is 3.54.